The van der Waals surface area contributed by atoms with E-state index in [0.717, 1.165) is 10.6 Å². The molecule has 0 unspecified atom stereocenters. The summed E-state index contributed by atoms with van der Waals surface area (Å²) in [6, 6.07) is 1.71. The Kier molecular flexibility index (Phi) is 1.92. The molecule has 0 aliphatic rings. The maximum absolute atomic E-state index is 13.2. The molecule has 1 N–H and O–H groups in total. The van der Waals surface area contributed by atoms with Crippen LogP contribution in [-0.4, -0.2) is 20.6 Å². The zero-order valence-corrected chi connectivity index (χ0v) is 7.66. The highest BCUT2D eigenvalue weighted by molar-refractivity contribution is 5.89. The summed E-state index contributed by atoms with van der Waals surface area (Å²) in [4.78, 5) is 14.3. The van der Waals surface area contributed by atoms with Crippen LogP contribution in [0.25, 0.3) is 11.0 Å². The van der Waals surface area contributed by atoms with Gasteiger partial charge in [-0.15, -0.1) is 0 Å². The predicted molar refractivity (Wildman–Crippen MR) is 47.6 cm³/mol. The standard InChI is InChI=1S/C9H6F2N2O2/c1-13-6-3-4(10)2-5(11)7(6)12-8(13)9(14)15/h2-3H,1H3,(H,14,15). The molecule has 78 valence electrons. The number of aromatic carboxylic acids is 1. The van der Waals surface area contributed by atoms with E-state index < -0.39 is 17.6 Å². The number of rotatable bonds is 1. The van der Waals surface area contributed by atoms with Gasteiger partial charge in [-0.1, -0.05) is 0 Å². The molecule has 15 heavy (non-hydrogen) atoms. The van der Waals surface area contributed by atoms with Crippen LogP contribution in [0.15, 0.2) is 12.1 Å². The SMILES string of the molecule is Cn1c(C(=O)O)nc2c(F)cc(F)cc21. The van der Waals surface area contributed by atoms with Gasteiger partial charge in [-0.2, -0.15) is 0 Å². The van der Waals surface area contributed by atoms with Crippen molar-refractivity contribution in [1.82, 2.24) is 9.55 Å². The molecule has 1 heterocycles. The molecule has 4 nitrogen and oxygen atoms in total. The van der Waals surface area contributed by atoms with Gasteiger partial charge in [0.05, 0.1) is 5.52 Å². The van der Waals surface area contributed by atoms with Crippen LogP contribution in [0.4, 0.5) is 8.78 Å². The zero-order valence-electron chi connectivity index (χ0n) is 7.66. The normalized spacial score (nSPS) is 10.9. The first-order valence-corrected chi connectivity index (χ1v) is 4.05. The Labute approximate surface area is 82.8 Å². The molecule has 2 aromatic rings. The van der Waals surface area contributed by atoms with Crippen molar-refractivity contribution in [3.05, 3.63) is 29.6 Å². The average molecular weight is 212 g/mol. The number of hydrogen-bond acceptors (Lipinski definition) is 2. The summed E-state index contributed by atoms with van der Waals surface area (Å²) >= 11 is 0. The summed E-state index contributed by atoms with van der Waals surface area (Å²) in [5.74, 6) is -3.24. The van der Waals surface area contributed by atoms with Crippen molar-refractivity contribution in [2.24, 2.45) is 7.05 Å². The van der Waals surface area contributed by atoms with E-state index in [0.29, 0.717) is 6.07 Å². The minimum absolute atomic E-state index is 0.116. The number of carbonyl (C=O) groups is 1. The topological polar surface area (TPSA) is 55.1 Å². The fourth-order valence-electron chi connectivity index (χ4n) is 1.41. The van der Waals surface area contributed by atoms with Crippen molar-refractivity contribution in [2.75, 3.05) is 0 Å². The molecule has 0 bridgehead atoms. The molecule has 0 spiro atoms. The minimum atomic E-state index is -1.28. The van der Waals surface area contributed by atoms with Crippen molar-refractivity contribution in [1.29, 1.82) is 0 Å². The van der Waals surface area contributed by atoms with Crippen molar-refractivity contribution >= 4 is 17.0 Å². The second-order valence-corrected chi connectivity index (χ2v) is 3.05. The number of halogens is 2. The largest absolute Gasteiger partial charge is 0.475 e. The predicted octanol–water partition coefficient (Wildman–Crippen LogP) is 1.55. The molecule has 0 radical (unpaired) electrons. The second-order valence-electron chi connectivity index (χ2n) is 3.05. The lowest BCUT2D eigenvalue weighted by Gasteiger charge is -1.97. The van der Waals surface area contributed by atoms with Gasteiger partial charge in [-0.05, 0) is 6.07 Å². The van der Waals surface area contributed by atoms with Crippen LogP contribution in [0.3, 0.4) is 0 Å². The van der Waals surface area contributed by atoms with Gasteiger partial charge in [0.2, 0.25) is 5.82 Å². The van der Waals surface area contributed by atoms with E-state index in [1.165, 1.54) is 7.05 Å². The number of aryl methyl sites for hydroxylation is 1. The van der Waals surface area contributed by atoms with Gasteiger partial charge in [-0.3, -0.25) is 0 Å². The zero-order chi connectivity index (χ0) is 11.2. The molecule has 1 aromatic carbocycles. The number of fused-ring (bicyclic) bond motifs is 1. The molecule has 6 heteroatoms. The molecular weight excluding hydrogens is 206 g/mol. The summed E-state index contributed by atoms with van der Waals surface area (Å²) in [7, 11) is 1.39. The lowest BCUT2D eigenvalue weighted by atomic mass is 10.3. The number of imidazole rings is 1. The Hall–Kier alpha value is -1.98. The molecule has 0 aliphatic heterocycles. The van der Waals surface area contributed by atoms with Crippen molar-refractivity contribution in [3.8, 4) is 0 Å². The molecule has 2 rings (SSSR count). The van der Waals surface area contributed by atoms with Crippen LogP contribution in [0.5, 0.6) is 0 Å². The van der Waals surface area contributed by atoms with Crippen LogP contribution in [0.2, 0.25) is 0 Å². The highest BCUT2D eigenvalue weighted by Crippen LogP contribution is 2.19. The third-order valence-corrected chi connectivity index (χ3v) is 2.10. The molecule has 0 saturated carbocycles. The van der Waals surface area contributed by atoms with Gasteiger partial charge in [0.15, 0.2) is 5.82 Å². The first-order chi connectivity index (χ1) is 7.00. The van der Waals surface area contributed by atoms with E-state index >= 15 is 0 Å². The van der Waals surface area contributed by atoms with Crippen LogP contribution < -0.4 is 0 Å². The Morgan fingerprint density at radius 1 is 1.47 bits per heavy atom. The Morgan fingerprint density at radius 3 is 2.73 bits per heavy atom. The van der Waals surface area contributed by atoms with Crippen LogP contribution in [-0.2, 0) is 7.05 Å². The molecular formula is C9H6F2N2O2. The average Bonchev–Trinajstić information content (AvgIpc) is 2.44. The number of carboxylic acids is 1. The molecule has 0 saturated heterocycles. The summed E-state index contributed by atoms with van der Waals surface area (Å²) in [6.07, 6.45) is 0. The third-order valence-electron chi connectivity index (χ3n) is 2.10. The fourth-order valence-corrected chi connectivity index (χ4v) is 1.41. The van der Waals surface area contributed by atoms with Gasteiger partial charge in [0.1, 0.15) is 11.3 Å². The van der Waals surface area contributed by atoms with E-state index in [4.69, 9.17) is 5.11 Å². The van der Waals surface area contributed by atoms with Crippen molar-refractivity contribution in [2.45, 2.75) is 0 Å². The first-order valence-electron chi connectivity index (χ1n) is 4.05. The van der Waals surface area contributed by atoms with E-state index in [1.807, 2.05) is 0 Å². The van der Waals surface area contributed by atoms with E-state index in [-0.39, 0.29) is 16.9 Å². The van der Waals surface area contributed by atoms with Gasteiger partial charge >= 0.3 is 5.97 Å². The summed E-state index contributed by atoms with van der Waals surface area (Å²) < 4.78 is 27.2. The van der Waals surface area contributed by atoms with Gasteiger partial charge in [0.25, 0.3) is 0 Å². The van der Waals surface area contributed by atoms with Crippen molar-refractivity contribution in [3.63, 3.8) is 0 Å². The fraction of sp³-hybridized carbons (Fsp3) is 0.111. The molecule has 0 atom stereocenters. The number of hydrogen-bond donors (Lipinski definition) is 1. The number of nitrogens with zero attached hydrogens (tertiary/aromatic N) is 2. The Morgan fingerprint density at radius 2 is 2.13 bits per heavy atom. The number of aromatic nitrogens is 2. The van der Waals surface area contributed by atoms with Crippen molar-refractivity contribution < 1.29 is 18.7 Å². The minimum Gasteiger partial charge on any atom is -0.475 e. The lowest BCUT2D eigenvalue weighted by molar-refractivity contribution is 0.0680. The Bertz CT molecular complexity index is 563. The summed E-state index contributed by atoms with van der Waals surface area (Å²) in [5, 5.41) is 8.73. The quantitative estimate of drug-likeness (QED) is 0.780. The number of benzene rings is 1. The van der Waals surface area contributed by atoms with E-state index in [1.54, 1.807) is 0 Å². The molecule has 1 aromatic heterocycles. The monoisotopic (exact) mass is 212 g/mol. The van der Waals surface area contributed by atoms with Crippen LogP contribution in [0.1, 0.15) is 10.6 Å². The third kappa shape index (κ3) is 1.34. The highest BCUT2D eigenvalue weighted by atomic mass is 19.1. The highest BCUT2D eigenvalue weighted by Gasteiger charge is 2.17. The first kappa shape index (κ1) is 9.57. The van der Waals surface area contributed by atoms with E-state index in [2.05, 4.69) is 4.98 Å². The molecule has 0 aliphatic carbocycles. The second kappa shape index (κ2) is 3.01. The van der Waals surface area contributed by atoms with Gasteiger partial charge in [0, 0.05) is 13.1 Å². The maximum Gasteiger partial charge on any atom is 0.372 e. The summed E-state index contributed by atoms with van der Waals surface area (Å²) in [6.45, 7) is 0. The maximum atomic E-state index is 13.2. The summed E-state index contributed by atoms with van der Waals surface area (Å²) in [5.41, 5.74) is -0.0267. The van der Waals surface area contributed by atoms with Crippen LogP contribution >= 0.6 is 0 Å². The van der Waals surface area contributed by atoms with Gasteiger partial charge in [-0.25, -0.2) is 18.6 Å². The molecule has 0 fully saturated rings. The number of carboxylic acid groups (broad SMARTS) is 1. The molecule has 0 amide bonds. The van der Waals surface area contributed by atoms with E-state index in [9.17, 15) is 13.6 Å². The lowest BCUT2D eigenvalue weighted by Crippen LogP contribution is -2.05. The Balaban J connectivity index is 2.88. The van der Waals surface area contributed by atoms with Crippen LogP contribution in [0, 0.1) is 11.6 Å². The van der Waals surface area contributed by atoms with Gasteiger partial charge < -0.3 is 9.67 Å². The smallest absolute Gasteiger partial charge is 0.372 e.